The molecule has 0 heterocycles. The Morgan fingerprint density at radius 2 is 2.07 bits per heavy atom. The zero-order chi connectivity index (χ0) is 10.6. The van der Waals surface area contributed by atoms with E-state index in [2.05, 4.69) is 6.42 Å². The van der Waals surface area contributed by atoms with E-state index in [1.807, 2.05) is 0 Å². The lowest BCUT2D eigenvalue weighted by Gasteiger charge is -2.33. The molecular weight excluding hydrogens is 180 g/mol. The monoisotopic (exact) mass is 199 g/mol. The first-order valence-electron chi connectivity index (χ1n) is 5.30. The Bertz CT molecular complexity index is 193. The third kappa shape index (κ3) is 2.71. The van der Waals surface area contributed by atoms with Crippen molar-refractivity contribution in [1.82, 2.24) is 0 Å². The van der Waals surface area contributed by atoms with Crippen molar-refractivity contribution in [3.05, 3.63) is 6.42 Å². The van der Waals surface area contributed by atoms with Crippen LogP contribution in [0.25, 0.3) is 0 Å². The van der Waals surface area contributed by atoms with Gasteiger partial charge in [0, 0.05) is 0 Å². The van der Waals surface area contributed by atoms with E-state index in [0.29, 0.717) is 12.8 Å². The molecule has 81 valence electrons. The summed E-state index contributed by atoms with van der Waals surface area (Å²) in [4.78, 5) is 11.2. The molecule has 0 spiro atoms. The normalized spacial score (nSPS) is 23.0. The Morgan fingerprint density at radius 1 is 1.50 bits per heavy atom. The van der Waals surface area contributed by atoms with Gasteiger partial charge < -0.3 is 10.2 Å². The summed E-state index contributed by atoms with van der Waals surface area (Å²) in [6, 6.07) is 0. The molecule has 3 nitrogen and oxygen atoms in total. The minimum Gasteiger partial charge on any atom is -0.481 e. The van der Waals surface area contributed by atoms with Crippen LogP contribution in [0.2, 0.25) is 0 Å². The van der Waals surface area contributed by atoms with E-state index in [1.54, 1.807) is 6.92 Å². The van der Waals surface area contributed by atoms with Gasteiger partial charge in [-0.1, -0.05) is 0 Å². The summed E-state index contributed by atoms with van der Waals surface area (Å²) in [6.07, 6.45) is 6.21. The Morgan fingerprint density at radius 3 is 2.50 bits per heavy atom. The van der Waals surface area contributed by atoms with Crippen LogP contribution in [-0.4, -0.2) is 22.3 Å². The average Bonchev–Trinajstić information content (AvgIpc) is 2.16. The smallest absolute Gasteiger partial charge is 0.309 e. The van der Waals surface area contributed by atoms with Crippen LogP contribution < -0.4 is 0 Å². The number of hydrogen-bond acceptors (Lipinski definition) is 2. The van der Waals surface area contributed by atoms with Gasteiger partial charge >= 0.3 is 5.97 Å². The van der Waals surface area contributed by atoms with E-state index in [0.717, 1.165) is 25.7 Å². The molecule has 2 N–H and O–H groups in total. The van der Waals surface area contributed by atoms with E-state index in [4.69, 9.17) is 0 Å². The standard InChI is InChI=1S/C11H19O3/c1-9(12)5-8-11(10(13)14)6-3-2-4-7-11/h2,9,12H,3-8H2,1H3,(H,13,14). The molecule has 14 heavy (non-hydrogen) atoms. The first kappa shape index (κ1) is 11.5. The quantitative estimate of drug-likeness (QED) is 0.728. The van der Waals surface area contributed by atoms with E-state index in [-0.39, 0.29) is 0 Å². The molecule has 0 amide bonds. The summed E-state index contributed by atoms with van der Waals surface area (Å²) in [5.41, 5.74) is -0.564. The maximum absolute atomic E-state index is 11.2. The predicted molar refractivity (Wildman–Crippen MR) is 53.8 cm³/mol. The molecule has 0 saturated heterocycles. The Hall–Kier alpha value is -0.570. The summed E-state index contributed by atoms with van der Waals surface area (Å²) < 4.78 is 0. The summed E-state index contributed by atoms with van der Waals surface area (Å²) in [6.45, 7) is 1.71. The SMILES string of the molecule is CC(O)CCC1(C(=O)O)CC[CH]CC1. The minimum absolute atomic E-state index is 0.392. The van der Waals surface area contributed by atoms with Crippen LogP contribution in [0.15, 0.2) is 0 Å². The van der Waals surface area contributed by atoms with Crippen molar-refractivity contribution in [3.63, 3.8) is 0 Å². The van der Waals surface area contributed by atoms with Gasteiger partial charge in [0.15, 0.2) is 0 Å². The van der Waals surface area contributed by atoms with Crippen LogP contribution in [0.3, 0.4) is 0 Å². The van der Waals surface area contributed by atoms with Gasteiger partial charge in [-0.05, 0) is 51.9 Å². The summed E-state index contributed by atoms with van der Waals surface area (Å²) in [5, 5.41) is 18.4. The molecule has 1 atom stereocenters. The first-order chi connectivity index (χ1) is 6.57. The molecule has 1 unspecified atom stereocenters. The second-order valence-corrected chi connectivity index (χ2v) is 4.34. The highest BCUT2D eigenvalue weighted by molar-refractivity contribution is 5.74. The summed E-state index contributed by atoms with van der Waals surface area (Å²) in [7, 11) is 0. The van der Waals surface area contributed by atoms with Gasteiger partial charge in [0.25, 0.3) is 0 Å². The van der Waals surface area contributed by atoms with Crippen LogP contribution in [0, 0.1) is 11.8 Å². The van der Waals surface area contributed by atoms with Crippen molar-refractivity contribution < 1.29 is 15.0 Å². The third-order valence-corrected chi connectivity index (χ3v) is 3.15. The molecule has 0 bridgehead atoms. The van der Waals surface area contributed by atoms with Crippen LogP contribution >= 0.6 is 0 Å². The van der Waals surface area contributed by atoms with Crippen molar-refractivity contribution in [3.8, 4) is 0 Å². The summed E-state index contributed by atoms with van der Waals surface area (Å²) in [5.74, 6) is -0.689. The fourth-order valence-corrected chi connectivity index (χ4v) is 2.08. The second kappa shape index (κ2) is 4.78. The molecule has 1 saturated carbocycles. The highest BCUT2D eigenvalue weighted by Crippen LogP contribution is 2.40. The molecule has 0 aromatic rings. The molecule has 0 aromatic carbocycles. The zero-order valence-corrected chi connectivity index (χ0v) is 8.70. The van der Waals surface area contributed by atoms with Gasteiger partial charge in [0.1, 0.15) is 0 Å². The average molecular weight is 199 g/mol. The first-order valence-corrected chi connectivity index (χ1v) is 5.30. The van der Waals surface area contributed by atoms with E-state index < -0.39 is 17.5 Å². The van der Waals surface area contributed by atoms with Gasteiger partial charge in [-0.3, -0.25) is 4.79 Å². The topological polar surface area (TPSA) is 57.5 Å². The number of aliphatic hydroxyl groups is 1. The van der Waals surface area contributed by atoms with Crippen molar-refractivity contribution in [2.75, 3.05) is 0 Å². The Labute approximate surface area is 85.1 Å². The molecule has 0 aliphatic heterocycles. The van der Waals surface area contributed by atoms with E-state index in [1.165, 1.54) is 0 Å². The third-order valence-electron chi connectivity index (χ3n) is 3.15. The molecule has 1 aliphatic carbocycles. The number of carboxylic acids is 1. The van der Waals surface area contributed by atoms with Crippen molar-refractivity contribution in [1.29, 1.82) is 0 Å². The number of hydrogen-bond donors (Lipinski definition) is 2. The van der Waals surface area contributed by atoms with Crippen molar-refractivity contribution in [2.24, 2.45) is 5.41 Å². The minimum atomic E-state index is -0.689. The summed E-state index contributed by atoms with van der Waals surface area (Å²) >= 11 is 0. The van der Waals surface area contributed by atoms with Crippen molar-refractivity contribution in [2.45, 2.75) is 51.6 Å². The number of carbonyl (C=O) groups is 1. The molecule has 1 radical (unpaired) electrons. The largest absolute Gasteiger partial charge is 0.481 e. The maximum Gasteiger partial charge on any atom is 0.309 e. The van der Waals surface area contributed by atoms with Gasteiger partial charge in [0.2, 0.25) is 0 Å². The predicted octanol–water partition coefficient (Wildman–Crippen LogP) is 2.00. The Kier molecular flexibility index (Phi) is 3.93. The fraction of sp³-hybridized carbons (Fsp3) is 0.818. The molecular formula is C11H19O3. The van der Waals surface area contributed by atoms with E-state index in [9.17, 15) is 15.0 Å². The van der Waals surface area contributed by atoms with Gasteiger partial charge in [-0.15, -0.1) is 0 Å². The number of aliphatic hydroxyl groups excluding tert-OH is 1. The van der Waals surface area contributed by atoms with Gasteiger partial charge in [-0.25, -0.2) is 0 Å². The molecule has 1 fully saturated rings. The lowest BCUT2D eigenvalue weighted by Crippen LogP contribution is -2.34. The van der Waals surface area contributed by atoms with Gasteiger partial charge in [0.05, 0.1) is 11.5 Å². The highest BCUT2D eigenvalue weighted by Gasteiger charge is 2.39. The molecule has 1 rings (SSSR count). The lowest BCUT2D eigenvalue weighted by molar-refractivity contribution is -0.151. The van der Waals surface area contributed by atoms with Crippen LogP contribution in [0.4, 0.5) is 0 Å². The van der Waals surface area contributed by atoms with Crippen LogP contribution in [-0.2, 0) is 4.79 Å². The van der Waals surface area contributed by atoms with E-state index >= 15 is 0 Å². The number of carboxylic acid groups (broad SMARTS) is 1. The van der Waals surface area contributed by atoms with Crippen LogP contribution in [0.5, 0.6) is 0 Å². The van der Waals surface area contributed by atoms with Crippen molar-refractivity contribution >= 4 is 5.97 Å². The van der Waals surface area contributed by atoms with Gasteiger partial charge in [-0.2, -0.15) is 0 Å². The van der Waals surface area contributed by atoms with Crippen LogP contribution in [0.1, 0.15) is 45.4 Å². The maximum atomic E-state index is 11.2. The zero-order valence-electron chi connectivity index (χ0n) is 8.70. The second-order valence-electron chi connectivity index (χ2n) is 4.34. The number of rotatable bonds is 4. The molecule has 0 aromatic heterocycles. The Balaban J connectivity index is 2.56. The molecule has 3 heteroatoms. The molecule has 1 aliphatic rings. The number of aliphatic carboxylic acids is 1. The fourth-order valence-electron chi connectivity index (χ4n) is 2.08. The highest BCUT2D eigenvalue weighted by atomic mass is 16.4. The lowest BCUT2D eigenvalue weighted by atomic mass is 9.71.